The number of carboxylic acid groups (broad SMARTS) is 1. The molecule has 0 unspecified atom stereocenters. The van der Waals surface area contributed by atoms with E-state index in [-0.39, 0.29) is 6.54 Å². The Kier molecular flexibility index (Phi) is 2.78. The van der Waals surface area contributed by atoms with Crippen molar-refractivity contribution in [2.75, 3.05) is 0 Å². The van der Waals surface area contributed by atoms with Gasteiger partial charge in [-0.3, -0.25) is 0 Å². The quantitative estimate of drug-likeness (QED) is 0.791. The van der Waals surface area contributed by atoms with Crippen molar-refractivity contribution in [3.63, 3.8) is 0 Å². The minimum atomic E-state index is -3.93. The first-order valence-electron chi connectivity index (χ1n) is 4.00. The number of halogens is 2. The maximum Gasteiger partial charge on any atom is 0.385 e. The topological polar surface area (TPSA) is 68.0 Å². The first kappa shape index (κ1) is 10.6. The van der Waals surface area contributed by atoms with Gasteiger partial charge in [-0.15, -0.1) is 5.10 Å². The molecule has 0 saturated carbocycles. The highest BCUT2D eigenvalue weighted by Gasteiger charge is 2.44. The molecule has 0 saturated heterocycles. The van der Waals surface area contributed by atoms with Crippen LogP contribution in [0.2, 0.25) is 0 Å². The molecule has 0 aliphatic rings. The normalized spacial score (nSPS) is 11.6. The summed E-state index contributed by atoms with van der Waals surface area (Å²) in [6, 6.07) is 0. The Morgan fingerprint density at radius 1 is 1.71 bits per heavy atom. The van der Waals surface area contributed by atoms with Gasteiger partial charge in [-0.2, -0.15) is 8.78 Å². The number of aliphatic carboxylic acids is 1. The average Bonchev–Trinajstić information content (AvgIpc) is 2.53. The summed E-state index contributed by atoms with van der Waals surface area (Å²) in [5.74, 6) is -6.13. The van der Waals surface area contributed by atoms with Crippen LogP contribution < -0.4 is 0 Å². The van der Waals surface area contributed by atoms with E-state index in [2.05, 4.69) is 10.3 Å². The molecule has 0 aliphatic carbocycles. The lowest BCUT2D eigenvalue weighted by atomic mass is 10.2. The summed E-state index contributed by atoms with van der Waals surface area (Å²) < 4.78 is 26.9. The Balaban J connectivity index is 3.05. The van der Waals surface area contributed by atoms with Crippen LogP contribution in [0.3, 0.4) is 0 Å². The van der Waals surface area contributed by atoms with E-state index < -0.39 is 17.6 Å². The summed E-state index contributed by atoms with van der Waals surface area (Å²) in [5, 5.41) is 14.9. The SMILES string of the molecule is CCCn1nncc1C(F)(F)C(=O)O. The van der Waals surface area contributed by atoms with E-state index in [1.807, 2.05) is 0 Å². The number of rotatable bonds is 4. The monoisotopic (exact) mass is 205 g/mol. The third kappa shape index (κ3) is 1.70. The molecular formula is C7H9F2N3O2. The molecule has 0 radical (unpaired) electrons. The van der Waals surface area contributed by atoms with Gasteiger partial charge in [0, 0.05) is 6.54 Å². The van der Waals surface area contributed by atoms with Crippen LogP contribution in [0.25, 0.3) is 0 Å². The van der Waals surface area contributed by atoms with Gasteiger partial charge in [0.05, 0.1) is 6.20 Å². The molecule has 1 heterocycles. The molecule has 78 valence electrons. The lowest BCUT2D eigenvalue weighted by Gasteiger charge is -2.11. The predicted molar refractivity (Wildman–Crippen MR) is 41.8 cm³/mol. The number of aromatic nitrogens is 3. The van der Waals surface area contributed by atoms with E-state index >= 15 is 0 Å². The molecule has 5 nitrogen and oxygen atoms in total. The maximum atomic E-state index is 13.0. The van der Waals surface area contributed by atoms with Gasteiger partial charge in [-0.25, -0.2) is 9.48 Å². The predicted octanol–water partition coefficient (Wildman–Crippen LogP) is 0.865. The molecule has 7 heteroatoms. The molecule has 1 aromatic heterocycles. The Morgan fingerprint density at radius 3 is 2.86 bits per heavy atom. The summed E-state index contributed by atoms with van der Waals surface area (Å²) in [4.78, 5) is 10.3. The standard InChI is InChI=1S/C7H9F2N3O2/c1-2-3-12-5(4-10-11-12)7(8,9)6(13)14/h4H,2-3H2,1H3,(H,13,14). The van der Waals surface area contributed by atoms with Crippen LogP contribution >= 0.6 is 0 Å². The van der Waals surface area contributed by atoms with Crippen molar-refractivity contribution in [3.05, 3.63) is 11.9 Å². The molecule has 0 aliphatic heterocycles. The van der Waals surface area contributed by atoms with Gasteiger partial charge < -0.3 is 5.11 Å². The van der Waals surface area contributed by atoms with Crippen LogP contribution in [0.4, 0.5) is 8.78 Å². The summed E-state index contributed by atoms with van der Waals surface area (Å²) in [6.07, 6.45) is 1.34. The fraction of sp³-hybridized carbons (Fsp3) is 0.571. The van der Waals surface area contributed by atoms with Crippen molar-refractivity contribution in [2.24, 2.45) is 0 Å². The van der Waals surface area contributed by atoms with Gasteiger partial charge in [0.15, 0.2) is 0 Å². The average molecular weight is 205 g/mol. The Labute approximate surface area is 78.3 Å². The third-order valence-corrected chi connectivity index (χ3v) is 1.64. The van der Waals surface area contributed by atoms with E-state index in [1.54, 1.807) is 6.92 Å². The number of carbonyl (C=O) groups is 1. The third-order valence-electron chi connectivity index (χ3n) is 1.64. The van der Waals surface area contributed by atoms with Crippen molar-refractivity contribution >= 4 is 5.97 Å². The first-order chi connectivity index (χ1) is 6.50. The van der Waals surface area contributed by atoms with Gasteiger partial charge in [-0.1, -0.05) is 12.1 Å². The van der Waals surface area contributed by atoms with Gasteiger partial charge in [-0.05, 0) is 6.42 Å². The van der Waals surface area contributed by atoms with Gasteiger partial charge in [0.25, 0.3) is 0 Å². The minimum Gasteiger partial charge on any atom is -0.476 e. The second-order valence-corrected chi connectivity index (χ2v) is 2.72. The number of aryl methyl sites for hydroxylation is 1. The van der Waals surface area contributed by atoms with Crippen LogP contribution in [0.1, 0.15) is 19.0 Å². The zero-order chi connectivity index (χ0) is 10.8. The summed E-state index contributed by atoms with van der Waals surface area (Å²) in [6.45, 7) is 1.99. The van der Waals surface area contributed by atoms with Crippen LogP contribution in [-0.4, -0.2) is 26.1 Å². The smallest absolute Gasteiger partial charge is 0.385 e. The molecule has 0 fully saturated rings. The lowest BCUT2D eigenvalue weighted by molar-refractivity contribution is -0.167. The highest BCUT2D eigenvalue weighted by molar-refractivity contribution is 5.76. The zero-order valence-corrected chi connectivity index (χ0v) is 7.44. The van der Waals surface area contributed by atoms with Crippen molar-refractivity contribution < 1.29 is 18.7 Å². The molecule has 0 bridgehead atoms. The first-order valence-corrected chi connectivity index (χ1v) is 4.00. The van der Waals surface area contributed by atoms with Crippen LogP contribution in [0.15, 0.2) is 6.20 Å². The number of hydrogen-bond acceptors (Lipinski definition) is 3. The molecule has 1 aromatic rings. The Hall–Kier alpha value is -1.53. The van der Waals surface area contributed by atoms with Crippen molar-refractivity contribution in [2.45, 2.75) is 25.8 Å². The van der Waals surface area contributed by atoms with Gasteiger partial charge >= 0.3 is 11.9 Å². The van der Waals surface area contributed by atoms with E-state index in [4.69, 9.17) is 5.11 Å². The summed E-state index contributed by atoms with van der Waals surface area (Å²) >= 11 is 0. The Bertz CT molecular complexity index is 337. The van der Waals surface area contributed by atoms with E-state index in [0.29, 0.717) is 6.42 Å². The summed E-state index contributed by atoms with van der Waals surface area (Å²) in [7, 11) is 0. The van der Waals surface area contributed by atoms with Crippen LogP contribution in [0, 0.1) is 0 Å². The van der Waals surface area contributed by atoms with E-state index in [0.717, 1.165) is 10.9 Å². The molecule has 0 aromatic carbocycles. The number of nitrogens with zero attached hydrogens (tertiary/aromatic N) is 3. The lowest BCUT2D eigenvalue weighted by Crippen LogP contribution is -2.28. The molecule has 0 spiro atoms. The van der Waals surface area contributed by atoms with E-state index in [1.165, 1.54) is 0 Å². The summed E-state index contributed by atoms with van der Waals surface area (Å²) in [5.41, 5.74) is -0.688. The number of alkyl halides is 2. The second kappa shape index (κ2) is 3.69. The largest absolute Gasteiger partial charge is 0.476 e. The second-order valence-electron chi connectivity index (χ2n) is 2.72. The fourth-order valence-electron chi connectivity index (χ4n) is 0.987. The molecular weight excluding hydrogens is 196 g/mol. The van der Waals surface area contributed by atoms with Crippen LogP contribution in [-0.2, 0) is 17.3 Å². The highest BCUT2D eigenvalue weighted by Crippen LogP contribution is 2.27. The van der Waals surface area contributed by atoms with E-state index in [9.17, 15) is 13.6 Å². The Morgan fingerprint density at radius 2 is 2.36 bits per heavy atom. The number of carboxylic acids is 1. The van der Waals surface area contributed by atoms with Crippen molar-refractivity contribution in [3.8, 4) is 0 Å². The molecule has 14 heavy (non-hydrogen) atoms. The minimum absolute atomic E-state index is 0.220. The van der Waals surface area contributed by atoms with Crippen molar-refractivity contribution in [1.29, 1.82) is 0 Å². The van der Waals surface area contributed by atoms with Gasteiger partial charge in [0.2, 0.25) is 0 Å². The highest BCUT2D eigenvalue weighted by atomic mass is 19.3. The molecule has 0 amide bonds. The molecule has 1 rings (SSSR count). The maximum absolute atomic E-state index is 13.0. The van der Waals surface area contributed by atoms with Crippen molar-refractivity contribution in [1.82, 2.24) is 15.0 Å². The number of hydrogen-bond donors (Lipinski definition) is 1. The molecule has 1 N–H and O–H groups in total. The zero-order valence-electron chi connectivity index (χ0n) is 7.44. The van der Waals surface area contributed by atoms with Crippen LogP contribution in [0.5, 0.6) is 0 Å². The van der Waals surface area contributed by atoms with Gasteiger partial charge in [0.1, 0.15) is 5.69 Å². The molecule has 0 atom stereocenters. The fourth-order valence-corrected chi connectivity index (χ4v) is 0.987.